The van der Waals surface area contributed by atoms with Gasteiger partial charge >= 0.3 is 6.03 Å². The molecule has 0 aromatic heterocycles. The van der Waals surface area contributed by atoms with Gasteiger partial charge in [0.05, 0.1) is 27.4 Å². The number of aliphatic hydroxyl groups excluding tert-OH is 1. The molecule has 1 fully saturated rings. The van der Waals surface area contributed by atoms with Crippen LogP contribution in [0.3, 0.4) is 0 Å². The minimum absolute atomic E-state index is 0.0224. The number of methoxy groups -OCH3 is 2. The average Bonchev–Trinajstić information content (AvgIpc) is 2.90. The van der Waals surface area contributed by atoms with Gasteiger partial charge in [0.15, 0.2) is 11.5 Å². The summed E-state index contributed by atoms with van der Waals surface area (Å²) >= 11 is 0. The SMILES string of the molecule is CCCCCOc1cc(N2CCC(C)(CCC)N(Cc3ccc(CCO)cc3OC)C2=O)ccc1OC. The van der Waals surface area contributed by atoms with Gasteiger partial charge in [0.1, 0.15) is 5.75 Å². The van der Waals surface area contributed by atoms with Crippen molar-refractivity contribution in [2.75, 3.05) is 38.9 Å². The van der Waals surface area contributed by atoms with E-state index in [1.165, 1.54) is 0 Å². The molecule has 0 bridgehead atoms. The van der Waals surface area contributed by atoms with Gasteiger partial charge < -0.3 is 24.2 Å². The zero-order valence-corrected chi connectivity index (χ0v) is 23.2. The van der Waals surface area contributed by atoms with Crippen molar-refractivity contribution in [3.05, 3.63) is 47.5 Å². The highest BCUT2D eigenvalue weighted by atomic mass is 16.5. The van der Waals surface area contributed by atoms with Gasteiger partial charge in [-0.1, -0.05) is 45.2 Å². The van der Waals surface area contributed by atoms with Gasteiger partial charge in [0.25, 0.3) is 0 Å². The Morgan fingerprint density at radius 1 is 0.973 bits per heavy atom. The van der Waals surface area contributed by atoms with E-state index >= 15 is 0 Å². The van der Waals surface area contributed by atoms with Gasteiger partial charge in [-0.15, -0.1) is 0 Å². The first-order valence-electron chi connectivity index (χ1n) is 13.6. The Morgan fingerprint density at radius 2 is 1.76 bits per heavy atom. The lowest BCUT2D eigenvalue weighted by atomic mass is 9.87. The number of aliphatic hydroxyl groups is 1. The first-order valence-corrected chi connectivity index (χ1v) is 13.6. The van der Waals surface area contributed by atoms with Crippen molar-refractivity contribution in [3.63, 3.8) is 0 Å². The zero-order valence-electron chi connectivity index (χ0n) is 23.2. The Kier molecular flexibility index (Phi) is 10.5. The molecule has 0 radical (unpaired) electrons. The maximum absolute atomic E-state index is 14.1. The van der Waals surface area contributed by atoms with Crippen LogP contribution in [0.4, 0.5) is 10.5 Å². The van der Waals surface area contributed by atoms with E-state index in [0.29, 0.717) is 37.6 Å². The minimum Gasteiger partial charge on any atom is -0.496 e. The summed E-state index contributed by atoms with van der Waals surface area (Å²) in [5.41, 5.74) is 2.51. The van der Waals surface area contributed by atoms with Crippen LogP contribution >= 0.6 is 0 Å². The molecule has 1 saturated heterocycles. The molecular formula is C30H44N2O5. The molecule has 7 heteroatoms. The van der Waals surface area contributed by atoms with Crippen molar-refractivity contribution in [1.29, 1.82) is 0 Å². The number of carbonyl (C=O) groups excluding carboxylic acids is 1. The van der Waals surface area contributed by atoms with Crippen molar-refractivity contribution in [1.82, 2.24) is 4.90 Å². The number of urea groups is 1. The van der Waals surface area contributed by atoms with Crippen molar-refractivity contribution < 1.29 is 24.1 Å². The summed E-state index contributed by atoms with van der Waals surface area (Å²) in [4.78, 5) is 17.9. The molecule has 0 spiro atoms. The monoisotopic (exact) mass is 512 g/mol. The topological polar surface area (TPSA) is 71.5 Å². The number of benzene rings is 2. The zero-order chi connectivity index (χ0) is 26.8. The highest BCUT2D eigenvalue weighted by Crippen LogP contribution is 2.38. The Bertz CT molecular complexity index is 1030. The number of rotatable bonds is 14. The summed E-state index contributed by atoms with van der Waals surface area (Å²) in [6.07, 6.45) is 6.56. The first-order chi connectivity index (χ1) is 17.9. The summed E-state index contributed by atoms with van der Waals surface area (Å²) in [6, 6.07) is 11.7. The lowest BCUT2D eigenvalue weighted by molar-refractivity contribution is 0.0920. The van der Waals surface area contributed by atoms with E-state index in [-0.39, 0.29) is 18.2 Å². The van der Waals surface area contributed by atoms with Crippen LogP contribution in [0.25, 0.3) is 0 Å². The van der Waals surface area contributed by atoms with Crippen molar-refractivity contribution >= 4 is 11.7 Å². The fourth-order valence-electron chi connectivity index (χ4n) is 5.11. The molecule has 204 valence electrons. The average molecular weight is 513 g/mol. The van der Waals surface area contributed by atoms with E-state index in [1.807, 2.05) is 46.2 Å². The van der Waals surface area contributed by atoms with Crippen LogP contribution in [0.2, 0.25) is 0 Å². The Labute approximate surface area is 222 Å². The van der Waals surface area contributed by atoms with Gasteiger partial charge in [0, 0.05) is 36.0 Å². The van der Waals surface area contributed by atoms with Gasteiger partial charge in [-0.25, -0.2) is 4.79 Å². The van der Waals surface area contributed by atoms with Crippen LogP contribution in [0, 0.1) is 0 Å². The van der Waals surface area contributed by atoms with E-state index in [4.69, 9.17) is 14.2 Å². The highest BCUT2D eigenvalue weighted by Gasteiger charge is 2.42. The van der Waals surface area contributed by atoms with E-state index in [2.05, 4.69) is 20.8 Å². The summed E-state index contributed by atoms with van der Waals surface area (Å²) < 4.78 is 17.3. The summed E-state index contributed by atoms with van der Waals surface area (Å²) in [7, 11) is 3.29. The summed E-state index contributed by atoms with van der Waals surface area (Å²) in [6.45, 7) is 8.31. The summed E-state index contributed by atoms with van der Waals surface area (Å²) in [5.74, 6) is 2.07. The van der Waals surface area contributed by atoms with Crippen LogP contribution in [0.15, 0.2) is 36.4 Å². The number of hydrogen-bond donors (Lipinski definition) is 1. The molecule has 1 aliphatic rings. The first kappa shape index (κ1) is 28.6. The predicted molar refractivity (Wildman–Crippen MR) is 148 cm³/mol. The molecule has 2 aromatic carbocycles. The van der Waals surface area contributed by atoms with Gasteiger partial charge in [-0.3, -0.25) is 4.90 Å². The van der Waals surface area contributed by atoms with E-state index in [9.17, 15) is 9.90 Å². The van der Waals surface area contributed by atoms with Crippen LogP contribution < -0.4 is 19.1 Å². The molecule has 0 saturated carbocycles. The van der Waals surface area contributed by atoms with Gasteiger partial charge in [-0.2, -0.15) is 0 Å². The minimum atomic E-state index is -0.261. The molecule has 1 heterocycles. The third-order valence-electron chi connectivity index (χ3n) is 7.32. The largest absolute Gasteiger partial charge is 0.496 e. The van der Waals surface area contributed by atoms with Crippen molar-refractivity contribution in [2.45, 2.75) is 77.8 Å². The van der Waals surface area contributed by atoms with E-state index in [1.54, 1.807) is 14.2 Å². The smallest absolute Gasteiger partial charge is 0.325 e. The van der Waals surface area contributed by atoms with Crippen LogP contribution in [-0.4, -0.2) is 55.6 Å². The second-order valence-corrected chi connectivity index (χ2v) is 10.0. The summed E-state index contributed by atoms with van der Waals surface area (Å²) in [5, 5.41) is 9.32. The fraction of sp³-hybridized carbons (Fsp3) is 0.567. The number of amides is 2. The molecule has 37 heavy (non-hydrogen) atoms. The van der Waals surface area contributed by atoms with Crippen LogP contribution in [-0.2, 0) is 13.0 Å². The second kappa shape index (κ2) is 13.6. The normalized spacial score (nSPS) is 17.7. The fourth-order valence-corrected chi connectivity index (χ4v) is 5.11. The molecule has 1 aliphatic heterocycles. The molecule has 2 aromatic rings. The Morgan fingerprint density at radius 3 is 2.43 bits per heavy atom. The molecule has 7 nitrogen and oxygen atoms in total. The third-order valence-corrected chi connectivity index (χ3v) is 7.32. The second-order valence-electron chi connectivity index (χ2n) is 10.0. The number of carbonyl (C=O) groups is 1. The lowest BCUT2D eigenvalue weighted by Gasteiger charge is -2.49. The maximum Gasteiger partial charge on any atom is 0.325 e. The van der Waals surface area contributed by atoms with E-state index < -0.39 is 0 Å². The number of anilines is 1. The number of unbranched alkanes of at least 4 members (excludes halogenated alkanes) is 2. The quantitative estimate of drug-likeness (QED) is 0.305. The predicted octanol–water partition coefficient (Wildman–Crippen LogP) is 6.20. The standard InChI is InChI=1S/C30H44N2O5/c1-6-8-9-19-37-28-21-25(12-13-26(28)35-4)31-17-16-30(3,15-7-2)32(29(31)34)22-24-11-10-23(14-18-33)20-27(24)36-5/h10-13,20-21,33H,6-9,14-19,22H2,1-5H3. The third kappa shape index (κ3) is 6.89. The van der Waals surface area contributed by atoms with Gasteiger partial charge in [0.2, 0.25) is 0 Å². The lowest BCUT2D eigenvalue weighted by Crippen LogP contribution is -2.60. The number of nitrogens with zero attached hydrogens (tertiary/aromatic N) is 2. The van der Waals surface area contributed by atoms with E-state index in [0.717, 1.165) is 61.1 Å². The maximum atomic E-state index is 14.1. The van der Waals surface area contributed by atoms with Crippen LogP contribution in [0.1, 0.15) is 70.4 Å². The Balaban J connectivity index is 1.90. The molecule has 3 rings (SSSR count). The number of hydrogen-bond acceptors (Lipinski definition) is 5. The van der Waals surface area contributed by atoms with Crippen molar-refractivity contribution in [3.8, 4) is 17.2 Å². The molecule has 1 N–H and O–H groups in total. The molecule has 2 amide bonds. The molecule has 1 atom stereocenters. The molecule has 0 aliphatic carbocycles. The van der Waals surface area contributed by atoms with Crippen molar-refractivity contribution in [2.24, 2.45) is 0 Å². The van der Waals surface area contributed by atoms with Crippen LogP contribution in [0.5, 0.6) is 17.2 Å². The number of ether oxygens (including phenoxy) is 3. The molecule has 1 unspecified atom stereocenters. The highest BCUT2D eigenvalue weighted by molar-refractivity contribution is 5.93. The molecular weight excluding hydrogens is 468 g/mol. The van der Waals surface area contributed by atoms with Gasteiger partial charge in [-0.05, 0) is 56.4 Å². The Hall–Kier alpha value is -2.93.